The smallest absolute Gasteiger partial charge is 0.0582 e. The minimum absolute atomic E-state index is 0.424. The lowest BCUT2D eigenvalue weighted by Crippen LogP contribution is -2.17. The Morgan fingerprint density at radius 2 is 2.11 bits per heavy atom. The second-order valence-electron chi connectivity index (χ2n) is 5.53. The maximum Gasteiger partial charge on any atom is 0.0582 e. The highest BCUT2D eigenvalue weighted by molar-refractivity contribution is 6.18. The van der Waals surface area contributed by atoms with Crippen molar-refractivity contribution in [3.05, 3.63) is 35.4 Å². The first-order chi connectivity index (χ1) is 8.69. The van der Waals surface area contributed by atoms with Crippen LogP contribution in [0.4, 0.5) is 0 Å². The standard InChI is InChI=1S/C16H23ClO/c1-12-5-3-4-6-15(12)9-14(11-17)10-16-8-7-13(2)18-16/h3-6,13-14,16H,7-11H2,1-2H3. The fourth-order valence-electron chi connectivity index (χ4n) is 2.78. The molecule has 1 nitrogen and oxygen atoms in total. The van der Waals surface area contributed by atoms with Crippen LogP contribution < -0.4 is 0 Å². The van der Waals surface area contributed by atoms with E-state index >= 15 is 0 Å². The first kappa shape index (κ1) is 13.9. The largest absolute Gasteiger partial charge is 0.375 e. The van der Waals surface area contributed by atoms with E-state index in [0.717, 1.165) is 18.7 Å². The molecule has 100 valence electrons. The van der Waals surface area contributed by atoms with Crippen LogP contribution in [0.2, 0.25) is 0 Å². The number of aryl methyl sites for hydroxylation is 1. The third-order valence-electron chi connectivity index (χ3n) is 3.90. The van der Waals surface area contributed by atoms with Gasteiger partial charge in [-0.15, -0.1) is 11.6 Å². The lowest BCUT2D eigenvalue weighted by molar-refractivity contribution is 0.0426. The molecule has 1 aliphatic heterocycles. The molecule has 0 aliphatic carbocycles. The first-order valence-corrected chi connectivity index (χ1v) is 7.48. The molecule has 0 amide bonds. The van der Waals surface area contributed by atoms with Crippen molar-refractivity contribution >= 4 is 11.6 Å². The van der Waals surface area contributed by atoms with Gasteiger partial charge in [-0.1, -0.05) is 24.3 Å². The Balaban J connectivity index is 1.91. The molecule has 0 N–H and O–H groups in total. The molecule has 1 saturated heterocycles. The van der Waals surface area contributed by atoms with E-state index in [0.29, 0.717) is 18.1 Å². The van der Waals surface area contributed by atoms with E-state index in [1.54, 1.807) is 0 Å². The Hall–Kier alpha value is -0.530. The van der Waals surface area contributed by atoms with Crippen LogP contribution in [0.5, 0.6) is 0 Å². The van der Waals surface area contributed by atoms with Gasteiger partial charge in [0.2, 0.25) is 0 Å². The number of hydrogen-bond donors (Lipinski definition) is 0. The van der Waals surface area contributed by atoms with Crippen molar-refractivity contribution in [3.63, 3.8) is 0 Å². The zero-order chi connectivity index (χ0) is 13.0. The van der Waals surface area contributed by atoms with Gasteiger partial charge in [0.05, 0.1) is 12.2 Å². The van der Waals surface area contributed by atoms with E-state index in [4.69, 9.17) is 16.3 Å². The van der Waals surface area contributed by atoms with Crippen LogP contribution in [0.3, 0.4) is 0 Å². The zero-order valence-electron chi connectivity index (χ0n) is 11.4. The van der Waals surface area contributed by atoms with Gasteiger partial charge in [-0.05, 0) is 56.6 Å². The van der Waals surface area contributed by atoms with Gasteiger partial charge in [0, 0.05) is 5.88 Å². The highest BCUT2D eigenvalue weighted by Gasteiger charge is 2.24. The topological polar surface area (TPSA) is 9.23 Å². The second kappa shape index (κ2) is 6.58. The van der Waals surface area contributed by atoms with Gasteiger partial charge >= 0.3 is 0 Å². The van der Waals surface area contributed by atoms with Crippen molar-refractivity contribution < 1.29 is 4.74 Å². The maximum absolute atomic E-state index is 6.13. The SMILES string of the molecule is Cc1ccccc1CC(CCl)CC1CCC(C)O1. The van der Waals surface area contributed by atoms with Gasteiger partial charge in [0.1, 0.15) is 0 Å². The normalized spacial score (nSPS) is 25.3. The summed E-state index contributed by atoms with van der Waals surface area (Å²) in [6.45, 7) is 4.34. The van der Waals surface area contributed by atoms with Crippen molar-refractivity contribution in [1.82, 2.24) is 0 Å². The summed E-state index contributed by atoms with van der Waals surface area (Å²) in [5, 5.41) is 0. The van der Waals surface area contributed by atoms with E-state index < -0.39 is 0 Å². The summed E-state index contributed by atoms with van der Waals surface area (Å²) in [7, 11) is 0. The number of alkyl halides is 1. The number of hydrogen-bond acceptors (Lipinski definition) is 1. The fourth-order valence-corrected chi connectivity index (χ4v) is 3.02. The summed E-state index contributed by atoms with van der Waals surface area (Å²) in [4.78, 5) is 0. The van der Waals surface area contributed by atoms with Crippen molar-refractivity contribution in [2.24, 2.45) is 5.92 Å². The molecule has 0 spiro atoms. The Labute approximate surface area is 115 Å². The second-order valence-corrected chi connectivity index (χ2v) is 5.84. The molecule has 1 aromatic rings. The van der Waals surface area contributed by atoms with E-state index in [2.05, 4.69) is 38.1 Å². The minimum atomic E-state index is 0.424. The Morgan fingerprint density at radius 1 is 1.33 bits per heavy atom. The summed E-state index contributed by atoms with van der Waals surface area (Å²) < 4.78 is 5.90. The van der Waals surface area contributed by atoms with Crippen molar-refractivity contribution in [1.29, 1.82) is 0 Å². The minimum Gasteiger partial charge on any atom is -0.375 e. The Bertz CT molecular complexity index is 377. The summed E-state index contributed by atoms with van der Waals surface area (Å²) in [6, 6.07) is 8.60. The quantitative estimate of drug-likeness (QED) is 0.720. The summed E-state index contributed by atoms with van der Waals surface area (Å²) in [6.07, 6.45) is 5.43. The Kier molecular flexibility index (Phi) is 5.08. The number of rotatable bonds is 5. The van der Waals surface area contributed by atoms with Crippen LogP contribution in [-0.2, 0) is 11.2 Å². The van der Waals surface area contributed by atoms with Crippen LogP contribution in [-0.4, -0.2) is 18.1 Å². The zero-order valence-corrected chi connectivity index (χ0v) is 12.1. The molecule has 1 aliphatic rings. The van der Waals surface area contributed by atoms with Crippen molar-refractivity contribution in [2.75, 3.05) is 5.88 Å². The highest BCUT2D eigenvalue weighted by Crippen LogP contribution is 2.27. The third kappa shape index (κ3) is 3.73. The van der Waals surface area contributed by atoms with E-state index in [-0.39, 0.29) is 0 Å². The number of benzene rings is 1. The van der Waals surface area contributed by atoms with Gasteiger partial charge in [-0.2, -0.15) is 0 Å². The molecule has 2 rings (SSSR count). The summed E-state index contributed by atoms with van der Waals surface area (Å²) >= 11 is 6.13. The lowest BCUT2D eigenvalue weighted by atomic mass is 9.92. The summed E-state index contributed by atoms with van der Waals surface area (Å²) in [5.41, 5.74) is 2.79. The molecule has 3 atom stereocenters. The number of ether oxygens (including phenoxy) is 1. The molecule has 2 heteroatoms. The van der Waals surface area contributed by atoms with Gasteiger partial charge in [0.25, 0.3) is 0 Å². The molecule has 0 aromatic heterocycles. The molecule has 0 radical (unpaired) electrons. The maximum atomic E-state index is 6.13. The van der Waals surface area contributed by atoms with Crippen LogP contribution in [0, 0.1) is 12.8 Å². The molecule has 0 saturated carbocycles. The lowest BCUT2D eigenvalue weighted by Gasteiger charge is -2.19. The van der Waals surface area contributed by atoms with E-state index in [1.165, 1.54) is 24.0 Å². The molecular formula is C16H23ClO. The monoisotopic (exact) mass is 266 g/mol. The molecule has 1 aromatic carbocycles. The van der Waals surface area contributed by atoms with Crippen LogP contribution in [0.25, 0.3) is 0 Å². The third-order valence-corrected chi connectivity index (χ3v) is 4.34. The average Bonchev–Trinajstić information content (AvgIpc) is 2.76. The van der Waals surface area contributed by atoms with Crippen LogP contribution in [0.1, 0.15) is 37.3 Å². The van der Waals surface area contributed by atoms with Gasteiger partial charge in [0.15, 0.2) is 0 Å². The summed E-state index contributed by atoms with van der Waals surface area (Å²) in [5.74, 6) is 1.26. The molecule has 3 unspecified atom stereocenters. The predicted molar refractivity (Wildman–Crippen MR) is 77.3 cm³/mol. The van der Waals surface area contributed by atoms with Crippen LogP contribution in [0.15, 0.2) is 24.3 Å². The fraction of sp³-hybridized carbons (Fsp3) is 0.625. The first-order valence-electron chi connectivity index (χ1n) is 6.95. The molecular weight excluding hydrogens is 244 g/mol. The van der Waals surface area contributed by atoms with Crippen molar-refractivity contribution in [3.8, 4) is 0 Å². The average molecular weight is 267 g/mol. The molecule has 1 fully saturated rings. The highest BCUT2D eigenvalue weighted by atomic mass is 35.5. The number of halogens is 1. The van der Waals surface area contributed by atoms with Gasteiger partial charge in [-0.3, -0.25) is 0 Å². The van der Waals surface area contributed by atoms with Gasteiger partial charge in [-0.25, -0.2) is 0 Å². The van der Waals surface area contributed by atoms with E-state index in [9.17, 15) is 0 Å². The van der Waals surface area contributed by atoms with Crippen molar-refractivity contribution in [2.45, 2.75) is 51.7 Å². The van der Waals surface area contributed by atoms with E-state index in [1.807, 2.05) is 0 Å². The van der Waals surface area contributed by atoms with Crippen LogP contribution >= 0.6 is 11.6 Å². The predicted octanol–water partition coefficient (Wildman–Crippen LogP) is 4.35. The molecule has 18 heavy (non-hydrogen) atoms. The Morgan fingerprint density at radius 3 is 2.72 bits per heavy atom. The molecule has 0 bridgehead atoms. The van der Waals surface area contributed by atoms with Gasteiger partial charge < -0.3 is 4.74 Å². The molecule has 1 heterocycles.